The lowest BCUT2D eigenvalue weighted by molar-refractivity contribution is 0.163. The molecule has 0 aliphatic rings. The van der Waals surface area contributed by atoms with Crippen molar-refractivity contribution in [1.82, 2.24) is 9.78 Å². The molecule has 5 nitrogen and oxygen atoms in total. The lowest BCUT2D eigenvalue weighted by Gasteiger charge is -2.15. The van der Waals surface area contributed by atoms with Gasteiger partial charge in [0.25, 0.3) is 0 Å². The van der Waals surface area contributed by atoms with E-state index in [9.17, 15) is 5.11 Å². The topological polar surface area (TPSA) is 56.5 Å². The van der Waals surface area contributed by atoms with E-state index in [1.54, 1.807) is 18.9 Å². The molecule has 0 bridgehead atoms. The Morgan fingerprint density at radius 3 is 2.70 bits per heavy atom. The summed E-state index contributed by atoms with van der Waals surface area (Å²) in [6, 6.07) is 5.43. The summed E-state index contributed by atoms with van der Waals surface area (Å²) in [7, 11) is 5.08. The minimum Gasteiger partial charge on any atom is -0.497 e. The van der Waals surface area contributed by atoms with Gasteiger partial charge in [-0.25, -0.2) is 0 Å². The normalized spacial score (nSPS) is 12.2. The zero-order chi connectivity index (χ0) is 14.5. The summed E-state index contributed by atoms with van der Waals surface area (Å²) in [6.07, 6.45) is 4.54. The molecule has 0 spiro atoms. The molecule has 5 heteroatoms. The Labute approximate surface area is 118 Å². The van der Waals surface area contributed by atoms with Gasteiger partial charge in [0, 0.05) is 18.8 Å². The minimum atomic E-state index is -0.597. The van der Waals surface area contributed by atoms with E-state index in [0.717, 1.165) is 17.5 Å². The Morgan fingerprint density at radius 1 is 1.30 bits per heavy atom. The Kier molecular flexibility index (Phi) is 4.63. The number of aliphatic hydroxyl groups excluding tert-OH is 1. The van der Waals surface area contributed by atoms with Crippen molar-refractivity contribution in [3.05, 3.63) is 41.7 Å². The summed E-state index contributed by atoms with van der Waals surface area (Å²) in [5.41, 5.74) is 1.85. The summed E-state index contributed by atoms with van der Waals surface area (Å²) < 4.78 is 12.2. The van der Waals surface area contributed by atoms with Gasteiger partial charge in [-0.1, -0.05) is 0 Å². The first-order valence-corrected chi connectivity index (χ1v) is 6.51. The van der Waals surface area contributed by atoms with Gasteiger partial charge in [-0.2, -0.15) is 5.10 Å². The van der Waals surface area contributed by atoms with Crippen molar-refractivity contribution in [2.75, 3.05) is 14.2 Å². The fourth-order valence-corrected chi connectivity index (χ4v) is 2.16. The first-order chi connectivity index (χ1) is 9.63. The standard InChI is InChI=1S/C15H20N2O3/c1-17-10-11(9-16-17)4-6-14(18)13-8-12(19-2)5-7-15(13)20-3/h5,7-10,14,18H,4,6H2,1-3H3. The van der Waals surface area contributed by atoms with Crippen LogP contribution in [0.5, 0.6) is 11.5 Å². The molecule has 108 valence electrons. The smallest absolute Gasteiger partial charge is 0.124 e. The van der Waals surface area contributed by atoms with E-state index >= 15 is 0 Å². The molecule has 1 atom stereocenters. The first-order valence-electron chi connectivity index (χ1n) is 6.51. The van der Waals surface area contributed by atoms with Gasteiger partial charge in [0.2, 0.25) is 0 Å². The molecule has 0 saturated heterocycles. The second kappa shape index (κ2) is 6.43. The van der Waals surface area contributed by atoms with Crippen molar-refractivity contribution in [3.63, 3.8) is 0 Å². The van der Waals surface area contributed by atoms with Crippen LogP contribution in [0.2, 0.25) is 0 Å². The van der Waals surface area contributed by atoms with Crippen molar-refractivity contribution < 1.29 is 14.6 Å². The van der Waals surface area contributed by atoms with E-state index in [-0.39, 0.29) is 0 Å². The Bertz CT molecular complexity index is 566. The van der Waals surface area contributed by atoms with E-state index in [2.05, 4.69) is 5.10 Å². The van der Waals surface area contributed by atoms with Crippen molar-refractivity contribution in [1.29, 1.82) is 0 Å². The van der Waals surface area contributed by atoms with Gasteiger partial charge in [0.15, 0.2) is 0 Å². The highest BCUT2D eigenvalue weighted by Gasteiger charge is 2.15. The molecule has 2 rings (SSSR count). The highest BCUT2D eigenvalue weighted by atomic mass is 16.5. The largest absolute Gasteiger partial charge is 0.497 e. The summed E-state index contributed by atoms with van der Waals surface area (Å²) in [6.45, 7) is 0. The monoisotopic (exact) mass is 276 g/mol. The number of methoxy groups -OCH3 is 2. The van der Waals surface area contributed by atoms with Crippen molar-refractivity contribution in [3.8, 4) is 11.5 Å². The number of aryl methyl sites for hydroxylation is 2. The second-order valence-corrected chi connectivity index (χ2v) is 4.68. The summed E-state index contributed by atoms with van der Waals surface area (Å²) >= 11 is 0. The van der Waals surface area contributed by atoms with E-state index in [1.807, 2.05) is 37.6 Å². The fraction of sp³-hybridized carbons (Fsp3) is 0.400. The Morgan fingerprint density at radius 2 is 2.10 bits per heavy atom. The SMILES string of the molecule is COc1ccc(OC)c(C(O)CCc2cnn(C)c2)c1. The van der Waals surface area contributed by atoms with Crippen LogP contribution in [0.3, 0.4) is 0 Å². The van der Waals surface area contributed by atoms with Gasteiger partial charge in [0.1, 0.15) is 11.5 Å². The molecule has 0 radical (unpaired) electrons. The van der Waals surface area contributed by atoms with Crippen molar-refractivity contribution in [2.24, 2.45) is 7.05 Å². The number of rotatable bonds is 6. The third-order valence-electron chi connectivity index (χ3n) is 3.26. The molecule has 0 aliphatic heterocycles. The van der Waals surface area contributed by atoms with Crippen LogP contribution < -0.4 is 9.47 Å². The molecule has 2 aromatic rings. The second-order valence-electron chi connectivity index (χ2n) is 4.68. The summed E-state index contributed by atoms with van der Waals surface area (Å²) in [5.74, 6) is 1.38. The molecular formula is C15H20N2O3. The van der Waals surface area contributed by atoms with Crippen LogP contribution in [0.4, 0.5) is 0 Å². The number of benzene rings is 1. The van der Waals surface area contributed by atoms with Gasteiger partial charge in [0.05, 0.1) is 26.5 Å². The van der Waals surface area contributed by atoms with Gasteiger partial charge < -0.3 is 14.6 Å². The predicted molar refractivity (Wildman–Crippen MR) is 76.0 cm³/mol. The summed E-state index contributed by atoms with van der Waals surface area (Å²) in [5, 5.41) is 14.5. The molecule has 1 aromatic carbocycles. The maximum Gasteiger partial charge on any atom is 0.124 e. The molecule has 0 saturated carbocycles. The van der Waals surface area contributed by atoms with Crippen LogP contribution in [0.25, 0.3) is 0 Å². The number of aromatic nitrogens is 2. The van der Waals surface area contributed by atoms with Crippen molar-refractivity contribution >= 4 is 0 Å². The van der Waals surface area contributed by atoms with E-state index in [0.29, 0.717) is 17.9 Å². The molecule has 20 heavy (non-hydrogen) atoms. The Balaban J connectivity index is 2.09. The average Bonchev–Trinajstić information content (AvgIpc) is 2.89. The molecule has 1 N–H and O–H groups in total. The van der Waals surface area contributed by atoms with E-state index in [4.69, 9.17) is 9.47 Å². The number of ether oxygens (including phenoxy) is 2. The number of nitrogens with zero attached hydrogens (tertiary/aromatic N) is 2. The van der Waals surface area contributed by atoms with Crippen LogP contribution in [-0.4, -0.2) is 29.1 Å². The summed E-state index contributed by atoms with van der Waals surface area (Å²) in [4.78, 5) is 0. The predicted octanol–water partition coefficient (Wildman–Crippen LogP) is 2.10. The molecule has 0 aliphatic carbocycles. The maximum atomic E-state index is 10.4. The third-order valence-corrected chi connectivity index (χ3v) is 3.26. The van der Waals surface area contributed by atoms with Gasteiger partial charge in [-0.05, 0) is 36.6 Å². The van der Waals surface area contributed by atoms with E-state index < -0.39 is 6.10 Å². The zero-order valence-electron chi connectivity index (χ0n) is 12.0. The first kappa shape index (κ1) is 14.4. The van der Waals surface area contributed by atoms with Gasteiger partial charge >= 0.3 is 0 Å². The molecule has 1 aromatic heterocycles. The molecule has 1 unspecified atom stereocenters. The fourth-order valence-electron chi connectivity index (χ4n) is 2.16. The highest BCUT2D eigenvalue weighted by Crippen LogP contribution is 2.31. The van der Waals surface area contributed by atoms with Crippen LogP contribution in [-0.2, 0) is 13.5 Å². The zero-order valence-corrected chi connectivity index (χ0v) is 12.0. The molecular weight excluding hydrogens is 256 g/mol. The third kappa shape index (κ3) is 3.30. The van der Waals surface area contributed by atoms with Crippen LogP contribution in [0.1, 0.15) is 23.7 Å². The number of aliphatic hydroxyl groups is 1. The number of hydrogen-bond donors (Lipinski definition) is 1. The highest BCUT2D eigenvalue weighted by molar-refractivity contribution is 5.41. The van der Waals surface area contributed by atoms with Crippen LogP contribution >= 0.6 is 0 Å². The lowest BCUT2D eigenvalue weighted by Crippen LogP contribution is -2.03. The minimum absolute atomic E-state index is 0.597. The molecule has 0 fully saturated rings. The maximum absolute atomic E-state index is 10.4. The lowest BCUT2D eigenvalue weighted by atomic mass is 10.0. The number of hydrogen-bond acceptors (Lipinski definition) is 4. The average molecular weight is 276 g/mol. The Hall–Kier alpha value is -2.01. The van der Waals surface area contributed by atoms with Crippen LogP contribution in [0, 0.1) is 0 Å². The van der Waals surface area contributed by atoms with Crippen molar-refractivity contribution in [2.45, 2.75) is 18.9 Å². The molecule has 0 amide bonds. The van der Waals surface area contributed by atoms with Crippen LogP contribution in [0.15, 0.2) is 30.6 Å². The van der Waals surface area contributed by atoms with Gasteiger partial charge in [-0.15, -0.1) is 0 Å². The molecule has 1 heterocycles. The van der Waals surface area contributed by atoms with Gasteiger partial charge in [-0.3, -0.25) is 4.68 Å². The quantitative estimate of drug-likeness (QED) is 0.878. The van der Waals surface area contributed by atoms with E-state index in [1.165, 1.54) is 0 Å².